The van der Waals surface area contributed by atoms with E-state index in [1.165, 1.54) is 12.1 Å². The van der Waals surface area contributed by atoms with Gasteiger partial charge in [-0.2, -0.15) is 0 Å². The fraction of sp³-hybridized carbons (Fsp3) is 0.214. The molecule has 3 N–H and O–H groups in total. The van der Waals surface area contributed by atoms with E-state index in [-0.39, 0.29) is 5.69 Å². The number of aromatic nitrogens is 1. The molecule has 6 heteroatoms. The van der Waals surface area contributed by atoms with Crippen molar-refractivity contribution in [1.82, 2.24) is 4.98 Å². The number of nitrogen functional groups attached to an aromatic ring is 1. The van der Waals surface area contributed by atoms with Crippen molar-refractivity contribution in [1.29, 1.82) is 0 Å². The van der Waals surface area contributed by atoms with E-state index in [1.54, 1.807) is 12.1 Å². The third kappa shape index (κ3) is 3.44. The molecule has 1 aromatic carbocycles. The first-order valence-electron chi connectivity index (χ1n) is 6.26. The predicted molar refractivity (Wildman–Crippen MR) is 78.7 cm³/mol. The third-order valence-electron chi connectivity index (χ3n) is 2.99. The maximum atomic E-state index is 10.5. The van der Waals surface area contributed by atoms with Gasteiger partial charge in [0.2, 0.25) is 0 Å². The lowest BCUT2D eigenvalue weighted by Gasteiger charge is -2.07. The quantitative estimate of drug-likeness (QED) is 0.644. The molecule has 0 aliphatic carbocycles. The Bertz CT molecular complexity index is 611. The second kappa shape index (κ2) is 6.01. The standard InChI is InChI=1S/C14H16N4O2/c1-10-13(15)6-7-14(17-10)16-9-8-11-2-4-12(5-3-11)18(19)20/h2-7H,8-9,15H2,1H3,(H,16,17). The van der Waals surface area contributed by atoms with Crippen LogP contribution in [-0.2, 0) is 6.42 Å². The van der Waals surface area contributed by atoms with Crippen molar-refractivity contribution in [3.63, 3.8) is 0 Å². The number of anilines is 2. The van der Waals surface area contributed by atoms with Crippen molar-refractivity contribution in [3.8, 4) is 0 Å². The van der Waals surface area contributed by atoms with Crippen LogP contribution in [0.25, 0.3) is 0 Å². The first-order chi connectivity index (χ1) is 9.56. The Balaban J connectivity index is 1.89. The van der Waals surface area contributed by atoms with Crippen LogP contribution in [0, 0.1) is 17.0 Å². The minimum Gasteiger partial charge on any atom is -0.397 e. The summed E-state index contributed by atoms with van der Waals surface area (Å²) in [5.41, 5.74) is 8.32. The number of aryl methyl sites for hydroxylation is 1. The predicted octanol–water partition coefficient (Wildman–Crippen LogP) is 2.54. The number of hydrogen-bond acceptors (Lipinski definition) is 5. The zero-order chi connectivity index (χ0) is 14.5. The maximum absolute atomic E-state index is 10.5. The number of nitro groups is 1. The van der Waals surface area contributed by atoms with Gasteiger partial charge in [0.25, 0.3) is 5.69 Å². The Labute approximate surface area is 116 Å². The third-order valence-corrected chi connectivity index (χ3v) is 2.99. The van der Waals surface area contributed by atoms with Crippen LogP contribution in [0.4, 0.5) is 17.2 Å². The normalized spacial score (nSPS) is 10.2. The highest BCUT2D eigenvalue weighted by atomic mass is 16.6. The lowest BCUT2D eigenvalue weighted by atomic mass is 10.1. The van der Waals surface area contributed by atoms with E-state index < -0.39 is 4.92 Å². The Morgan fingerprint density at radius 2 is 1.95 bits per heavy atom. The van der Waals surface area contributed by atoms with Crippen LogP contribution in [0.5, 0.6) is 0 Å². The molecule has 0 amide bonds. The molecule has 6 nitrogen and oxygen atoms in total. The summed E-state index contributed by atoms with van der Waals surface area (Å²) in [6.07, 6.45) is 0.767. The molecule has 1 heterocycles. The molecule has 1 aromatic heterocycles. The molecule has 20 heavy (non-hydrogen) atoms. The van der Waals surface area contributed by atoms with Gasteiger partial charge in [-0.1, -0.05) is 12.1 Å². The number of nitrogens with one attached hydrogen (secondary N) is 1. The van der Waals surface area contributed by atoms with Crippen molar-refractivity contribution < 1.29 is 4.92 Å². The van der Waals surface area contributed by atoms with E-state index in [4.69, 9.17) is 5.73 Å². The highest BCUT2D eigenvalue weighted by Crippen LogP contribution is 2.14. The molecule has 0 spiro atoms. The number of benzene rings is 1. The molecule has 0 fully saturated rings. The van der Waals surface area contributed by atoms with Crippen molar-refractivity contribution in [2.45, 2.75) is 13.3 Å². The maximum Gasteiger partial charge on any atom is 0.269 e. The summed E-state index contributed by atoms with van der Waals surface area (Å²) in [5, 5.41) is 13.7. The van der Waals surface area contributed by atoms with Gasteiger partial charge in [0, 0.05) is 18.7 Å². The van der Waals surface area contributed by atoms with Crippen LogP contribution in [0.1, 0.15) is 11.3 Å². The average molecular weight is 272 g/mol. The summed E-state index contributed by atoms with van der Waals surface area (Å²) in [7, 11) is 0. The zero-order valence-corrected chi connectivity index (χ0v) is 11.2. The van der Waals surface area contributed by atoms with E-state index in [1.807, 2.05) is 19.1 Å². The fourth-order valence-electron chi connectivity index (χ4n) is 1.79. The molecule has 0 radical (unpaired) electrons. The summed E-state index contributed by atoms with van der Waals surface area (Å²) in [4.78, 5) is 14.5. The number of nitrogens with two attached hydrogens (primary N) is 1. The molecule has 0 saturated heterocycles. The molecular weight excluding hydrogens is 256 g/mol. The Hall–Kier alpha value is -2.63. The minimum absolute atomic E-state index is 0.109. The molecular formula is C14H16N4O2. The summed E-state index contributed by atoms with van der Waals surface area (Å²) >= 11 is 0. The summed E-state index contributed by atoms with van der Waals surface area (Å²) in [5.74, 6) is 0.776. The Morgan fingerprint density at radius 1 is 1.25 bits per heavy atom. The van der Waals surface area contributed by atoms with Gasteiger partial charge in [0.1, 0.15) is 5.82 Å². The molecule has 0 unspecified atom stereocenters. The molecule has 2 rings (SSSR count). The van der Waals surface area contributed by atoms with Gasteiger partial charge in [-0.15, -0.1) is 0 Å². The second-order valence-corrected chi connectivity index (χ2v) is 4.47. The molecule has 2 aromatic rings. The number of rotatable bonds is 5. The first-order valence-corrected chi connectivity index (χ1v) is 6.26. The SMILES string of the molecule is Cc1nc(NCCc2ccc([N+](=O)[O-])cc2)ccc1N. The van der Waals surface area contributed by atoms with Gasteiger partial charge in [-0.3, -0.25) is 10.1 Å². The van der Waals surface area contributed by atoms with Crippen LogP contribution >= 0.6 is 0 Å². The van der Waals surface area contributed by atoms with E-state index in [0.29, 0.717) is 12.2 Å². The first kappa shape index (κ1) is 13.8. The van der Waals surface area contributed by atoms with Crippen LogP contribution in [-0.4, -0.2) is 16.5 Å². The largest absolute Gasteiger partial charge is 0.397 e. The van der Waals surface area contributed by atoms with Crippen LogP contribution < -0.4 is 11.1 Å². The number of nitrogens with zero attached hydrogens (tertiary/aromatic N) is 2. The zero-order valence-electron chi connectivity index (χ0n) is 11.2. The highest BCUT2D eigenvalue weighted by molar-refractivity contribution is 5.49. The number of non-ortho nitro benzene ring substituents is 1. The number of hydrogen-bond donors (Lipinski definition) is 2. The van der Waals surface area contributed by atoms with Gasteiger partial charge in [-0.05, 0) is 31.0 Å². The summed E-state index contributed by atoms with van der Waals surface area (Å²) in [6.45, 7) is 2.56. The van der Waals surface area contributed by atoms with Gasteiger partial charge < -0.3 is 11.1 Å². The van der Waals surface area contributed by atoms with Crippen LogP contribution in [0.2, 0.25) is 0 Å². The molecule has 0 aliphatic rings. The van der Waals surface area contributed by atoms with Crippen molar-refractivity contribution in [2.75, 3.05) is 17.6 Å². The number of pyridine rings is 1. The molecule has 0 saturated carbocycles. The van der Waals surface area contributed by atoms with Gasteiger partial charge in [-0.25, -0.2) is 4.98 Å². The van der Waals surface area contributed by atoms with E-state index in [9.17, 15) is 10.1 Å². The lowest BCUT2D eigenvalue weighted by Crippen LogP contribution is -2.07. The number of nitro benzene ring substituents is 1. The molecule has 0 aliphatic heterocycles. The second-order valence-electron chi connectivity index (χ2n) is 4.47. The lowest BCUT2D eigenvalue weighted by molar-refractivity contribution is -0.384. The van der Waals surface area contributed by atoms with Crippen molar-refractivity contribution in [2.24, 2.45) is 0 Å². The van der Waals surface area contributed by atoms with Gasteiger partial charge in [0.15, 0.2) is 0 Å². The van der Waals surface area contributed by atoms with E-state index in [2.05, 4.69) is 10.3 Å². The smallest absolute Gasteiger partial charge is 0.269 e. The Kier molecular flexibility index (Phi) is 4.14. The summed E-state index contributed by atoms with van der Waals surface area (Å²) in [6, 6.07) is 10.2. The fourth-order valence-corrected chi connectivity index (χ4v) is 1.79. The average Bonchev–Trinajstić information content (AvgIpc) is 2.43. The molecule has 0 atom stereocenters. The van der Waals surface area contributed by atoms with Gasteiger partial charge in [0.05, 0.1) is 16.3 Å². The topological polar surface area (TPSA) is 94.1 Å². The highest BCUT2D eigenvalue weighted by Gasteiger charge is 2.04. The van der Waals surface area contributed by atoms with Crippen molar-refractivity contribution in [3.05, 3.63) is 57.8 Å². The van der Waals surface area contributed by atoms with Crippen molar-refractivity contribution >= 4 is 17.2 Å². The monoisotopic (exact) mass is 272 g/mol. The molecule has 0 bridgehead atoms. The summed E-state index contributed by atoms with van der Waals surface area (Å²) < 4.78 is 0. The Morgan fingerprint density at radius 3 is 2.55 bits per heavy atom. The van der Waals surface area contributed by atoms with Crippen LogP contribution in [0.3, 0.4) is 0 Å². The van der Waals surface area contributed by atoms with E-state index in [0.717, 1.165) is 23.5 Å². The minimum atomic E-state index is -0.400. The van der Waals surface area contributed by atoms with Crippen LogP contribution in [0.15, 0.2) is 36.4 Å². The van der Waals surface area contributed by atoms with Gasteiger partial charge >= 0.3 is 0 Å². The molecule has 104 valence electrons. The van der Waals surface area contributed by atoms with E-state index >= 15 is 0 Å².